The largest absolute Gasteiger partial charge is 0.350 e. The van der Waals surface area contributed by atoms with Gasteiger partial charge >= 0.3 is 0 Å². The van der Waals surface area contributed by atoms with E-state index in [9.17, 15) is 4.79 Å². The van der Waals surface area contributed by atoms with Gasteiger partial charge < -0.3 is 10.2 Å². The van der Waals surface area contributed by atoms with Crippen LogP contribution in [0.1, 0.15) is 20.8 Å². The van der Waals surface area contributed by atoms with Crippen LogP contribution in [0.5, 0.6) is 0 Å². The minimum absolute atomic E-state index is 0.153. The van der Waals surface area contributed by atoms with Crippen LogP contribution in [0.3, 0.4) is 0 Å². The minimum Gasteiger partial charge on any atom is -0.350 e. The van der Waals surface area contributed by atoms with Gasteiger partial charge in [0.15, 0.2) is 0 Å². The third-order valence-electron chi connectivity index (χ3n) is 2.08. The van der Waals surface area contributed by atoms with Crippen LogP contribution in [0.25, 0.3) is 0 Å². The Morgan fingerprint density at radius 1 is 1.42 bits per heavy atom. The number of hydrogen-bond acceptors (Lipinski definition) is 2. The molecule has 0 aromatic rings. The van der Waals surface area contributed by atoms with E-state index in [1.807, 2.05) is 20.8 Å². The lowest BCUT2D eigenvalue weighted by atomic mass is 9.94. The molecule has 1 N–H and O–H groups in total. The fourth-order valence-electron chi connectivity index (χ4n) is 1.19. The van der Waals surface area contributed by atoms with E-state index < -0.39 is 0 Å². The third-order valence-corrected chi connectivity index (χ3v) is 2.08. The van der Waals surface area contributed by atoms with Gasteiger partial charge in [-0.3, -0.25) is 4.79 Å². The van der Waals surface area contributed by atoms with Crippen molar-refractivity contribution in [1.29, 1.82) is 0 Å². The van der Waals surface area contributed by atoms with E-state index in [1.54, 1.807) is 0 Å². The summed E-state index contributed by atoms with van der Waals surface area (Å²) in [6.07, 6.45) is 0. The van der Waals surface area contributed by atoms with E-state index in [1.165, 1.54) is 0 Å². The zero-order valence-corrected chi connectivity index (χ0v) is 8.35. The first-order valence-corrected chi connectivity index (χ1v) is 4.39. The average molecular weight is 170 g/mol. The number of nitrogens with zero attached hydrogens (tertiary/aromatic N) is 1. The van der Waals surface area contributed by atoms with Gasteiger partial charge in [0.1, 0.15) is 0 Å². The summed E-state index contributed by atoms with van der Waals surface area (Å²) in [6.45, 7) is 7.78. The first kappa shape index (κ1) is 9.52. The standard InChI is InChI=1S/C9H18N2O/c1-9(2,3)8(12)10-7-5-11(4)6-7/h7H,5-6H2,1-4H3,(H,10,12). The number of nitrogens with one attached hydrogen (secondary N) is 1. The van der Waals surface area contributed by atoms with Gasteiger partial charge in [-0.15, -0.1) is 0 Å². The molecule has 1 aliphatic heterocycles. The predicted octanol–water partition coefficient (Wildman–Crippen LogP) is 0.463. The molecule has 1 aliphatic rings. The van der Waals surface area contributed by atoms with Crippen LogP contribution in [0, 0.1) is 5.41 Å². The second kappa shape index (κ2) is 3.05. The molecule has 0 atom stereocenters. The second-order valence-corrected chi connectivity index (χ2v) is 4.64. The van der Waals surface area contributed by atoms with Crippen molar-refractivity contribution in [2.45, 2.75) is 26.8 Å². The van der Waals surface area contributed by atoms with Gasteiger partial charge in [0.2, 0.25) is 5.91 Å². The maximum Gasteiger partial charge on any atom is 0.225 e. The van der Waals surface area contributed by atoms with E-state index in [0.717, 1.165) is 13.1 Å². The van der Waals surface area contributed by atoms with Gasteiger partial charge in [-0.05, 0) is 7.05 Å². The van der Waals surface area contributed by atoms with Crippen LogP contribution in [0.4, 0.5) is 0 Å². The number of hydrogen-bond donors (Lipinski definition) is 1. The summed E-state index contributed by atoms with van der Waals surface area (Å²) in [7, 11) is 2.06. The van der Waals surface area contributed by atoms with Gasteiger partial charge in [0.05, 0.1) is 6.04 Å². The van der Waals surface area contributed by atoms with Crippen molar-refractivity contribution in [3.05, 3.63) is 0 Å². The van der Waals surface area contributed by atoms with Crippen molar-refractivity contribution >= 4 is 5.91 Å². The first-order valence-electron chi connectivity index (χ1n) is 4.39. The molecule has 1 amide bonds. The zero-order valence-electron chi connectivity index (χ0n) is 8.35. The highest BCUT2D eigenvalue weighted by atomic mass is 16.2. The number of amides is 1. The maximum atomic E-state index is 11.4. The Balaban J connectivity index is 2.28. The Kier molecular flexibility index (Phi) is 2.42. The summed E-state index contributed by atoms with van der Waals surface area (Å²) < 4.78 is 0. The molecule has 0 aromatic carbocycles. The van der Waals surface area contributed by atoms with Gasteiger partial charge in [-0.2, -0.15) is 0 Å². The van der Waals surface area contributed by atoms with Crippen molar-refractivity contribution in [1.82, 2.24) is 10.2 Å². The summed E-state index contributed by atoms with van der Waals surface area (Å²) in [5, 5.41) is 3.01. The number of carbonyl (C=O) groups is 1. The first-order chi connectivity index (χ1) is 5.39. The summed E-state index contributed by atoms with van der Waals surface area (Å²) in [6, 6.07) is 0.377. The van der Waals surface area contributed by atoms with Gasteiger partial charge in [0.25, 0.3) is 0 Å². The fraction of sp³-hybridized carbons (Fsp3) is 0.889. The molecule has 0 saturated carbocycles. The molecule has 0 unspecified atom stereocenters. The van der Waals surface area contributed by atoms with E-state index in [0.29, 0.717) is 6.04 Å². The lowest BCUT2D eigenvalue weighted by molar-refractivity contribution is -0.130. The summed E-state index contributed by atoms with van der Waals surface area (Å²) in [4.78, 5) is 13.6. The van der Waals surface area contributed by atoms with Crippen LogP contribution in [0.15, 0.2) is 0 Å². The molecule has 70 valence electrons. The molecule has 0 bridgehead atoms. The normalized spacial score (nSPS) is 20.3. The van der Waals surface area contributed by atoms with Gasteiger partial charge in [0, 0.05) is 18.5 Å². The maximum absolute atomic E-state index is 11.4. The molecule has 3 nitrogen and oxygen atoms in total. The van der Waals surface area contributed by atoms with Crippen molar-refractivity contribution < 1.29 is 4.79 Å². The smallest absolute Gasteiger partial charge is 0.225 e. The minimum atomic E-state index is -0.256. The van der Waals surface area contributed by atoms with Crippen LogP contribution in [0.2, 0.25) is 0 Å². The molecule has 0 aromatic heterocycles. The number of likely N-dealkylation sites (tertiary alicyclic amines) is 1. The molecule has 0 aliphatic carbocycles. The van der Waals surface area contributed by atoms with E-state index >= 15 is 0 Å². The predicted molar refractivity (Wildman–Crippen MR) is 48.9 cm³/mol. The molecule has 3 heteroatoms. The molecular formula is C9H18N2O. The van der Waals surface area contributed by atoms with E-state index in [4.69, 9.17) is 0 Å². The Morgan fingerprint density at radius 2 is 1.92 bits per heavy atom. The molecule has 1 heterocycles. The van der Waals surface area contributed by atoms with Crippen molar-refractivity contribution in [2.75, 3.05) is 20.1 Å². The highest BCUT2D eigenvalue weighted by Gasteiger charge is 2.29. The lowest BCUT2D eigenvalue weighted by Crippen LogP contribution is -2.59. The SMILES string of the molecule is CN1CC(NC(=O)C(C)(C)C)C1. The average Bonchev–Trinajstić information content (AvgIpc) is 1.82. The van der Waals surface area contributed by atoms with Crippen LogP contribution in [-0.2, 0) is 4.79 Å². The molecule has 1 saturated heterocycles. The van der Waals surface area contributed by atoms with Gasteiger partial charge in [-0.1, -0.05) is 20.8 Å². The topological polar surface area (TPSA) is 32.3 Å². The zero-order chi connectivity index (χ0) is 9.35. The molecular weight excluding hydrogens is 152 g/mol. The number of likely N-dealkylation sites (N-methyl/N-ethyl adjacent to an activating group) is 1. The quantitative estimate of drug-likeness (QED) is 0.620. The van der Waals surface area contributed by atoms with Gasteiger partial charge in [-0.25, -0.2) is 0 Å². The Hall–Kier alpha value is -0.570. The lowest BCUT2D eigenvalue weighted by Gasteiger charge is -2.37. The van der Waals surface area contributed by atoms with Crippen molar-refractivity contribution in [3.8, 4) is 0 Å². The molecule has 0 radical (unpaired) electrons. The molecule has 1 fully saturated rings. The van der Waals surface area contributed by atoms with Crippen molar-refractivity contribution in [2.24, 2.45) is 5.41 Å². The fourth-order valence-corrected chi connectivity index (χ4v) is 1.19. The van der Waals surface area contributed by atoms with Crippen LogP contribution >= 0.6 is 0 Å². The Labute approximate surface area is 74.1 Å². The number of carbonyl (C=O) groups excluding carboxylic acids is 1. The highest BCUT2D eigenvalue weighted by Crippen LogP contribution is 2.14. The summed E-state index contributed by atoms with van der Waals surface area (Å²) >= 11 is 0. The monoisotopic (exact) mass is 170 g/mol. The Morgan fingerprint density at radius 3 is 2.25 bits per heavy atom. The van der Waals surface area contributed by atoms with Crippen LogP contribution in [-0.4, -0.2) is 37.0 Å². The second-order valence-electron chi connectivity index (χ2n) is 4.64. The Bertz CT molecular complexity index is 177. The van der Waals surface area contributed by atoms with E-state index in [-0.39, 0.29) is 11.3 Å². The number of rotatable bonds is 1. The third kappa shape index (κ3) is 2.21. The summed E-state index contributed by atoms with van der Waals surface area (Å²) in [5.74, 6) is 0.153. The van der Waals surface area contributed by atoms with Crippen molar-refractivity contribution in [3.63, 3.8) is 0 Å². The molecule has 0 spiro atoms. The summed E-state index contributed by atoms with van der Waals surface area (Å²) in [5.41, 5.74) is -0.256. The highest BCUT2D eigenvalue weighted by molar-refractivity contribution is 5.81. The van der Waals surface area contributed by atoms with Crippen LogP contribution < -0.4 is 5.32 Å². The molecule has 1 rings (SSSR count). The van der Waals surface area contributed by atoms with E-state index in [2.05, 4.69) is 17.3 Å². The molecule has 12 heavy (non-hydrogen) atoms.